The molecule has 24 heavy (non-hydrogen) atoms. The van der Waals surface area contributed by atoms with Crippen LogP contribution in [0.3, 0.4) is 0 Å². The van der Waals surface area contributed by atoms with Crippen molar-refractivity contribution >= 4 is 17.6 Å². The van der Waals surface area contributed by atoms with Crippen LogP contribution in [0.5, 0.6) is 0 Å². The predicted octanol–water partition coefficient (Wildman–Crippen LogP) is 2.29. The van der Waals surface area contributed by atoms with Gasteiger partial charge in [-0.15, -0.1) is 0 Å². The van der Waals surface area contributed by atoms with Crippen molar-refractivity contribution in [3.05, 3.63) is 29.6 Å². The lowest BCUT2D eigenvalue weighted by molar-refractivity contribution is -0.229. The van der Waals surface area contributed by atoms with Crippen LogP contribution in [0.2, 0.25) is 0 Å². The number of carbonyl (C=O) groups is 2. The van der Waals surface area contributed by atoms with E-state index in [0.29, 0.717) is 43.2 Å². The summed E-state index contributed by atoms with van der Waals surface area (Å²) in [6, 6.07) is 4.28. The van der Waals surface area contributed by atoms with Crippen LogP contribution in [0, 0.1) is 18.7 Å². The highest BCUT2D eigenvalue weighted by Gasteiger charge is 2.55. The number of nitrogens with one attached hydrogen (secondary N) is 1. The maximum atomic E-state index is 13.5. The van der Waals surface area contributed by atoms with E-state index in [1.165, 1.54) is 11.1 Å². The highest BCUT2D eigenvalue weighted by atomic mass is 19.1. The molecule has 0 aromatic heterocycles. The van der Waals surface area contributed by atoms with Crippen molar-refractivity contribution in [2.24, 2.45) is 5.92 Å². The van der Waals surface area contributed by atoms with Crippen LogP contribution < -0.4 is 5.32 Å². The zero-order valence-corrected chi connectivity index (χ0v) is 13.5. The summed E-state index contributed by atoms with van der Waals surface area (Å²) in [6.45, 7) is 3.08. The van der Waals surface area contributed by atoms with Crippen molar-refractivity contribution in [2.45, 2.75) is 31.8 Å². The smallest absolute Gasteiger partial charge is 0.318 e. The standard InChI is InChI=1S/C17H20FN3O3/c1-11-2-5-13(6-14(11)18)19-16(23)20-9-17(10-20)7-15(22)21(24-17)8-12-3-4-12/h2,5-6,12H,3-4,7-10H2,1H3,(H,19,23). The van der Waals surface area contributed by atoms with E-state index in [9.17, 15) is 14.0 Å². The maximum absolute atomic E-state index is 13.5. The molecule has 4 rings (SSSR count). The largest absolute Gasteiger partial charge is 0.322 e. The van der Waals surface area contributed by atoms with Gasteiger partial charge >= 0.3 is 6.03 Å². The number of urea groups is 1. The molecule has 3 fully saturated rings. The summed E-state index contributed by atoms with van der Waals surface area (Å²) in [7, 11) is 0. The fourth-order valence-corrected chi connectivity index (χ4v) is 3.19. The van der Waals surface area contributed by atoms with E-state index in [4.69, 9.17) is 4.84 Å². The van der Waals surface area contributed by atoms with E-state index in [1.54, 1.807) is 24.0 Å². The van der Waals surface area contributed by atoms with Crippen LogP contribution in [0.25, 0.3) is 0 Å². The molecular formula is C17H20FN3O3. The number of hydrogen-bond donors (Lipinski definition) is 1. The molecule has 0 atom stereocenters. The van der Waals surface area contributed by atoms with Gasteiger partial charge in [0.15, 0.2) is 0 Å². The first-order valence-electron chi connectivity index (χ1n) is 8.26. The first-order valence-corrected chi connectivity index (χ1v) is 8.26. The number of aryl methyl sites for hydroxylation is 1. The van der Waals surface area contributed by atoms with Gasteiger partial charge in [-0.1, -0.05) is 6.07 Å². The van der Waals surface area contributed by atoms with Gasteiger partial charge < -0.3 is 10.2 Å². The highest BCUT2D eigenvalue weighted by molar-refractivity contribution is 5.90. The lowest BCUT2D eigenvalue weighted by Crippen LogP contribution is -2.64. The summed E-state index contributed by atoms with van der Waals surface area (Å²) >= 11 is 0. The predicted molar refractivity (Wildman–Crippen MR) is 84.6 cm³/mol. The molecule has 2 aliphatic heterocycles. The minimum Gasteiger partial charge on any atom is -0.318 e. The average Bonchev–Trinajstić information content (AvgIpc) is 3.24. The van der Waals surface area contributed by atoms with Gasteiger partial charge in [0.25, 0.3) is 0 Å². The number of anilines is 1. The van der Waals surface area contributed by atoms with Crippen LogP contribution in [0.4, 0.5) is 14.9 Å². The van der Waals surface area contributed by atoms with Gasteiger partial charge in [0, 0.05) is 5.69 Å². The Hall–Kier alpha value is -2.15. The molecule has 3 aliphatic rings. The minimum absolute atomic E-state index is 0.00237. The van der Waals surface area contributed by atoms with Crippen LogP contribution >= 0.6 is 0 Å². The zero-order valence-electron chi connectivity index (χ0n) is 13.5. The minimum atomic E-state index is -0.568. The molecule has 0 radical (unpaired) electrons. The Balaban J connectivity index is 1.32. The third-order valence-electron chi connectivity index (χ3n) is 4.84. The lowest BCUT2D eigenvalue weighted by atomic mass is 9.91. The molecule has 2 saturated heterocycles. The van der Waals surface area contributed by atoms with Gasteiger partial charge in [-0.25, -0.2) is 14.2 Å². The van der Waals surface area contributed by atoms with Gasteiger partial charge in [0.05, 0.1) is 26.1 Å². The second kappa shape index (κ2) is 5.44. The number of amides is 3. The Kier molecular flexibility index (Phi) is 3.49. The van der Waals surface area contributed by atoms with Crippen molar-refractivity contribution in [1.82, 2.24) is 9.96 Å². The number of rotatable bonds is 3. The quantitative estimate of drug-likeness (QED) is 0.923. The number of benzene rings is 1. The first-order chi connectivity index (χ1) is 11.4. The third kappa shape index (κ3) is 2.84. The zero-order chi connectivity index (χ0) is 16.9. The average molecular weight is 333 g/mol. The molecule has 0 unspecified atom stereocenters. The second-order valence-electron chi connectivity index (χ2n) is 7.10. The Morgan fingerprint density at radius 2 is 2.17 bits per heavy atom. The number of likely N-dealkylation sites (tertiary alicyclic amines) is 1. The van der Waals surface area contributed by atoms with E-state index in [0.717, 1.165) is 12.8 Å². The molecule has 2 heterocycles. The lowest BCUT2D eigenvalue weighted by Gasteiger charge is -2.45. The van der Waals surface area contributed by atoms with Gasteiger partial charge in [-0.2, -0.15) is 0 Å². The molecular weight excluding hydrogens is 313 g/mol. The van der Waals surface area contributed by atoms with Crippen molar-refractivity contribution in [2.75, 3.05) is 25.0 Å². The summed E-state index contributed by atoms with van der Waals surface area (Å²) in [6.07, 6.45) is 2.63. The van der Waals surface area contributed by atoms with Gasteiger partial charge in [0.1, 0.15) is 11.4 Å². The Morgan fingerprint density at radius 1 is 1.42 bits per heavy atom. The van der Waals surface area contributed by atoms with E-state index < -0.39 is 5.60 Å². The molecule has 1 aliphatic carbocycles. The van der Waals surface area contributed by atoms with Crippen molar-refractivity contribution in [3.8, 4) is 0 Å². The van der Waals surface area contributed by atoms with Crippen LogP contribution in [0.15, 0.2) is 18.2 Å². The topological polar surface area (TPSA) is 61.9 Å². The third-order valence-corrected chi connectivity index (χ3v) is 4.84. The molecule has 1 N–H and O–H groups in total. The summed E-state index contributed by atoms with van der Waals surface area (Å²) < 4.78 is 13.5. The van der Waals surface area contributed by atoms with E-state index in [2.05, 4.69) is 5.32 Å². The van der Waals surface area contributed by atoms with E-state index in [-0.39, 0.29) is 17.8 Å². The molecule has 3 amide bonds. The Bertz CT molecular complexity index is 698. The fourth-order valence-electron chi connectivity index (χ4n) is 3.19. The molecule has 1 saturated carbocycles. The van der Waals surface area contributed by atoms with Crippen molar-refractivity contribution in [3.63, 3.8) is 0 Å². The van der Waals surface area contributed by atoms with Crippen LogP contribution in [-0.2, 0) is 9.63 Å². The van der Waals surface area contributed by atoms with Crippen LogP contribution in [0.1, 0.15) is 24.8 Å². The molecule has 1 aromatic carbocycles. The number of hydrogen-bond acceptors (Lipinski definition) is 3. The van der Waals surface area contributed by atoms with Gasteiger partial charge in [-0.05, 0) is 43.4 Å². The Labute approximate surface area is 139 Å². The summed E-state index contributed by atoms with van der Waals surface area (Å²) in [4.78, 5) is 31.6. The molecule has 0 bridgehead atoms. The summed E-state index contributed by atoms with van der Waals surface area (Å²) in [5.41, 5.74) is 0.384. The van der Waals surface area contributed by atoms with Gasteiger partial charge in [-0.3, -0.25) is 9.63 Å². The maximum Gasteiger partial charge on any atom is 0.322 e. The van der Waals surface area contributed by atoms with E-state index >= 15 is 0 Å². The van der Waals surface area contributed by atoms with Crippen LogP contribution in [-0.4, -0.2) is 47.1 Å². The molecule has 1 aromatic rings. The van der Waals surface area contributed by atoms with Crippen molar-refractivity contribution < 1.29 is 18.8 Å². The summed E-state index contributed by atoms with van der Waals surface area (Å²) in [5, 5.41) is 4.15. The summed E-state index contributed by atoms with van der Waals surface area (Å²) in [5.74, 6) is 0.218. The van der Waals surface area contributed by atoms with Gasteiger partial charge in [0.2, 0.25) is 5.91 Å². The molecule has 128 valence electrons. The number of carbonyl (C=O) groups excluding carboxylic acids is 2. The fraction of sp³-hybridized carbons (Fsp3) is 0.529. The van der Waals surface area contributed by atoms with Crippen molar-refractivity contribution in [1.29, 1.82) is 0 Å². The highest BCUT2D eigenvalue weighted by Crippen LogP contribution is 2.39. The number of halogens is 1. The number of nitrogens with zero attached hydrogens (tertiary/aromatic N) is 2. The Morgan fingerprint density at radius 3 is 2.83 bits per heavy atom. The molecule has 7 heteroatoms. The normalized spacial score (nSPS) is 22.0. The first kappa shape index (κ1) is 15.4. The number of hydroxylamine groups is 2. The van der Waals surface area contributed by atoms with E-state index in [1.807, 2.05) is 0 Å². The monoisotopic (exact) mass is 333 g/mol. The molecule has 6 nitrogen and oxygen atoms in total. The molecule has 1 spiro atoms. The SMILES string of the molecule is Cc1ccc(NC(=O)N2CC3(CC(=O)N(CC4CC4)O3)C2)cc1F. The second-order valence-corrected chi connectivity index (χ2v) is 7.10.